The molecule has 0 unspecified atom stereocenters. The first-order valence-electron chi connectivity index (χ1n) is 4.83. The molecule has 0 bridgehead atoms. The summed E-state index contributed by atoms with van der Waals surface area (Å²) >= 11 is 5.76. The fraction of sp³-hybridized carbons (Fsp3) is 0. The van der Waals surface area contributed by atoms with Crippen molar-refractivity contribution < 1.29 is 19.2 Å². The molecule has 1 aromatic heterocycles. The molecule has 0 spiro atoms. The van der Waals surface area contributed by atoms with Crippen LogP contribution in [0.4, 0.5) is 5.69 Å². The number of rotatable bonds is 3. The van der Waals surface area contributed by atoms with Gasteiger partial charge in [-0.1, -0.05) is 16.8 Å². The third-order valence-electron chi connectivity index (χ3n) is 2.12. The SMILES string of the molecule is O=C(Nc1ccc(C(=O)O)c(Cl)c1)c1ccno1. The Hall–Kier alpha value is -2.34. The van der Waals surface area contributed by atoms with Crippen LogP contribution in [0.5, 0.6) is 0 Å². The first-order valence-corrected chi connectivity index (χ1v) is 5.20. The van der Waals surface area contributed by atoms with E-state index in [-0.39, 0.29) is 16.3 Å². The van der Waals surface area contributed by atoms with E-state index in [4.69, 9.17) is 16.7 Å². The van der Waals surface area contributed by atoms with Crippen LogP contribution in [0.3, 0.4) is 0 Å². The molecule has 0 fully saturated rings. The summed E-state index contributed by atoms with van der Waals surface area (Å²) in [5.41, 5.74) is 0.334. The molecular weight excluding hydrogens is 260 g/mol. The van der Waals surface area contributed by atoms with Gasteiger partial charge < -0.3 is 14.9 Å². The zero-order valence-electron chi connectivity index (χ0n) is 8.88. The van der Waals surface area contributed by atoms with E-state index in [9.17, 15) is 9.59 Å². The van der Waals surface area contributed by atoms with Crippen LogP contribution in [-0.2, 0) is 0 Å². The Kier molecular flexibility index (Phi) is 3.29. The molecule has 0 radical (unpaired) electrons. The van der Waals surface area contributed by atoms with E-state index >= 15 is 0 Å². The second-order valence-electron chi connectivity index (χ2n) is 3.33. The lowest BCUT2D eigenvalue weighted by Crippen LogP contribution is -2.11. The third-order valence-corrected chi connectivity index (χ3v) is 2.43. The van der Waals surface area contributed by atoms with E-state index in [2.05, 4.69) is 15.0 Å². The smallest absolute Gasteiger partial charge is 0.337 e. The van der Waals surface area contributed by atoms with Crippen molar-refractivity contribution in [3.63, 3.8) is 0 Å². The van der Waals surface area contributed by atoms with Crippen LogP contribution in [0.1, 0.15) is 20.9 Å². The van der Waals surface area contributed by atoms with Crippen LogP contribution in [0.2, 0.25) is 5.02 Å². The molecule has 0 saturated heterocycles. The Morgan fingerprint density at radius 3 is 2.67 bits per heavy atom. The highest BCUT2D eigenvalue weighted by atomic mass is 35.5. The summed E-state index contributed by atoms with van der Waals surface area (Å²) in [4.78, 5) is 22.3. The van der Waals surface area contributed by atoms with Crippen LogP contribution in [-0.4, -0.2) is 22.1 Å². The van der Waals surface area contributed by atoms with Crippen molar-refractivity contribution in [1.29, 1.82) is 0 Å². The van der Waals surface area contributed by atoms with Crippen LogP contribution >= 0.6 is 11.6 Å². The van der Waals surface area contributed by atoms with Gasteiger partial charge in [0.25, 0.3) is 5.91 Å². The summed E-state index contributed by atoms with van der Waals surface area (Å²) < 4.78 is 4.67. The Morgan fingerprint density at radius 1 is 1.33 bits per heavy atom. The van der Waals surface area contributed by atoms with Gasteiger partial charge in [-0.15, -0.1) is 0 Å². The highest BCUT2D eigenvalue weighted by molar-refractivity contribution is 6.33. The van der Waals surface area contributed by atoms with Crippen molar-refractivity contribution in [2.45, 2.75) is 0 Å². The Labute approximate surface area is 106 Å². The van der Waals surface area contributed by atoms with Gasteiger partial charge in [-0.25, -0.2) is 4.79 Å². The fourth-order valence-electron chi connectivity index (χ4n) is 1.29. The number of carbonyl (C=O) groups is 2. The van der Waals surface area contributed by atoms with E-state index in [1.165, 1.54) is 30.5 Å². The molecule has 0 atom stereocenters. The second kappa shape index (κ2) is 4.89. The van der Waals surface area contributed by atoms with Gasteiger partial charge >= 0.3 is 5.97 Å². The number of aromatic nitrogens is 1. The maximum absolute atomic E-state index is 11.6. The van der Waals surface area contributed by atoms with E-state index in [0.717, 1.165) is 0 Å². The van der Waals surface area contributed by atoms with Crippen molar-refractivity contribution in [3.05, 3.63) is 46.8 Å². The number of carboxylic acids is 1. The van der Waals surface area contributed by atoms with Crippen molar-refractivity contribution in [2.24, 2.45) is 0 Å². The van der Waals surface area contributed by atoms with E-state index in [1.807, 2.05) is 0 Å². The number of amides is 1. The van der Waals surface area contributed by atoms with Gasteiger partial charge in [0.05, 0.1) is 16.8 Å². The average molecular weight is 267 g/mol. The number of benzene rings is 1. The Balaban J connectivity index is 2.18. The fourth-order valence-corrected chi connectivity index (χ4v) is 1.55. The van der Waals surface area contributed by atoms with Crippen LogP contribution in [0, 0.1) is 0 Å². The lowest BCUT2D eigenvalue weighted by atomic mass is 10.2. The molecule has 18 heavy (non-hydrogen) atoms. The Bertz CT molecular complexity index is 595. The van der Waals surface area contributed by atoms with Gasteiger partial charge in [-0.3, -0.25) is 4.79 Å². The summed E-state index contributed by atoms with van der Waals surface area (Å²) in [5.74, 6) is -1.58. The van der Waals surface area contributed by atoms with Crippen LogP contribution in [0.25, 0.3) is 0 Å². The number of nitrogens with zero attached hydrogens (tertiary/aromatic N) is 1. The van der Waals surface area contributed by atoms with Gasteiger partial charge in [0.2, 0.25) is 5.76 Å². The largest absolute Gasteiger partial charge is 0.478 e. The van der Waals surface area contributed by atoms with E-state index in [0.29, 0.717) is 5.69 Å². The molecule has 1 amide bonds. The van der Waals surface area contributed by atoms with Crippen molar-refractivity contribution >= 4 is 29.2 Å². The number of aromatic carboxylic acids is 1. The maximum atomic E-state index is 11.6. The Morgan fingerprint density at radius 2 is 2.11 bits per heavy atom. The van der Waals surface area contributed by atoms with Crippen LogP contribution < -0.4 is 5.32 Å². The number of hydrogen-bond acceptors (Lipinski definition) is 4. The van der Waals surface area contributed by atoms with Gasteiger partial charge in [-0.2, -0.15) is 0 Å². The van der Waals surface area contributed by atoms with Crippen LogP contribution in [0.15, 0.2) is 35.0 Å². The van der Waals surface area contributed by atoms with Crippen molar-refractivity contribution in [1.82, 2.24) is 5.16 Å². The van der Waals surface area contributed by atoms with Gasteiger partial charge in [0.15, 0.2) is 0 Å². The zero-order valence-corrected chi connectivity index (χ0v) is 9.64. The number of anilines is 1. The standard InChI is InChI=1S/C11H7ClN2O4/c12-8-5-6(1-2-7(8)11(16)17)14-10(15)9-3-4-13-18-9/h1-5H,(H,14,15)(H,16,17). The summed E-state index contributed by atoms with van der Waals surface area (Å²) in [6, 6.07) is 5.49. The topological polar surface area (TPSA) is 92.4 Å². The minimum atomic E-state index is -1.13. The highest BCUT2D eigenvalue weighted by Crippen LogP contribution is 2.21. The second-order valence-corrected chi connectivity index (χ2v) is 3.74. The first-order chi connectivity index (χ1) is 8.58. The zero-order chi connectivity index (χ0) is 13.1. The predicted octanol–water partition coefficient (Wildman–Crippen LogP) is 2.28. The monoisotopic (exact) mass is 266 g/mol. The molecule has 2 rings (SSSR count). The summed E-state index contributed by atoms with van der Waals surface area (Å²) in [6.45, 7) is 0. The number of hydrogen-bond donors (Lipinski definition) is 2. The summed E-state index contributed by atoms with van der Waals surface area (Å²) in [7, 11) is 0. The summed E-state index contributed by atoms with van der Waals surface area (Å²) in [6.07, 6.45) is 1.34. The third kappa shape index (κ3) is 2.49. The molecule has 0 saturated carbocycles. The molecule has 7 heteroatoms. The maximum Gasteiger partial charge on any atom is 0.337 e. The lowest BCUT2D eigenvalue weighted by molar-refractivity contribution is 0.0697. The molecular formula is C11H7ClN2O4. The lowest BCUT2D eigenvalue weighted by Gasteiger charge is -2.04. The number of nitrogens with one attached hydrogen (secondary N) is 1. The molecule has 0 aliphatic heterocycles. The highest BCUT2D eigenvalue weighted by Gasteiger charge is 2.12. The quantitative estimate of drug-likeness (QED) is 0.889. The normalized spacial score (nSPS) is 10.1. The molecule has 2 aromatic rings. The van der Waals surface area contributed by atoms with E-state index < -0.39 is 11.9 Å². The molecule has 1 aromatic carbocycles. The number of carbonyl (C=O) groups excluding carboxylic acids is 1. The molecule has 1 heterocycles. The average Bonchev–Trinajstić information content (AvgIpc) is 2.81. The van der Waals surface area contributed by atoms with Crippen molar-refractivity contribution in [2.75, 3.05) is 5.32 Å². The molecule has 2 N–H and O–H groups in total. The van der Waals surface area contributed by atoms with Gasteiger partial charge in [0, 0.05) is 11.8 Å². The van der Waals surface area contributed by atoms with Crippen molar-refractivity contribution in [3.8, 4) is 0 Å². The molecule has 0 aliphatic carbocycles. The first kappa shape index (κ1) is 12.1. The molecule has 92 valence electrons. The summed E-state index contributed by atoms with van der Waals surface area (Å²) in [5, 5.41) is 14.7. The molecule has 6 nitrogen and oxygen atoms in total. The minimum absolute atomic E-state index is 0.0330. The minimum Gasteiger partial charge on any atom is -0.478 e. The predicted molar refractivity (Wildman–Crippen MR) is 62.9 cm³/mol. The van der Waals surface area contributed by atoms with Gasteiger partial charge in [0.1, 0.15) is 0 Å². The molecule has 0 aliphatic rings. The van der Waals surface area contributed by atoms with E-state index in [1.54, 1.807) is 0 Å². The van der Waals surface area contributed by atoms with Gasteiger partial charge in [-0.05, 0) is 18.2 Å². The number of carboxylic acid groups (broad SMARTS) is 1. The number of halogens is 1.